The molecule has 1 unspecified atom stereocenters. The zero-order valence-electron chi connectivity index (χ0n) is 9.52. The predicted octanol–water partition coefficient (Wildman–Crippen LogP) is 1.69. The van der Waals surface area contributed by atoms with Crippen LogP contribution in [0, 0.1) is 5.92 Å². The van der Waals surface area contributed by atoms with Gasteiger partial charge in [-0.05, 0) is 12.1 Å². The Bertz CT molecular complexity index is 436. The molecular formula is C12H14ClNO3. The van der Waals surface area contributed by atoms with Crippen LogP contribution in [0.4, 0.5) is 5.69 Å². The zero-order chi connectivity index (χ0) is 12.4. The summed E-state index contributed by atoms with van der Waals surface area (Å²) in [6, 6.07) is 5.19. The van der Waals surface area contributed by atoms with E-state index in [2.05, 4.69) is 0 Å². The SMILES string of the molecule is COc1ccc(Cl)c(N2CC(CO)CC2=O)c1. The lowest BCUT2D eigenvalue weighted by Crippen LogP contribution is -2.25. The van der Waals surface area contributed by atoms with E-state index in [9.17, 15) is 4.79 Å². The first-order valence-electron chi connectivity index (χ1n) is 5.40. The third-order valence-corrected chi connectivity index (χ3v) is 3.23. The monoisotopic (exact) mass is 255 g/mol. The summed E-state index contributed by atoms with van der Waals surface area (Å²) in [7, 11) is 1.56. The van der Waals surface area contributed by atoms with Gasteiger partial charge in [0.1, 0.15) is 5.75 Å². The molecular weight excluding hydrogens is 242 g/mol. The number of aliphatic hydroxyl groups is 1. The Hall–Kier alpha value is -1.26. The highest BCUT2D eigenvalue weighted by Crippen LogP contribution is 2.33. The van der Waals surface area contributed by atoms with Gasteiger partial charge in [0, 0.05) is 31.6 Å². The minimum absolute atomic E-state index is 0.00947. The molecule has 1 aliphatic heterocycles. The molecule has 0 aromatic heterocycles. The standard InChI is InChI=1S/C12H14ClNO3/c1-17-9-2-3-10(13)11(5-9)14-6-8(7-15)4-12(14)16/h2-3,5,8,15H,4,6-7H2,1H3. The zero-order valence-corrected chi connectivity index (χ0v) is 10.3. The number of carbonyl (C=O) groups excluding carboxylic acids is 1. The molecule has 5 heteroatoms. The van der Waals surface area contributed by atoms with E-state index in [1.54, 1.807) is 30.2 Å². The lowest BCUT2D eigenvalue weighted by atomic mass is 10.1. The van der Waals surface area contributed by atoms with Crippen LogP contribution < -0.4 is 9.64 Å². The van der Waals surface area contributed by atoms with E-state index in [-0.39, 0.29) is 18.4 Å². The normalized spacial score (nSPS) is 19.8. The minimum atomic E-state index is -0.0146. The number of rotatable bonds is 3. The molecule has 0 bridgehead atoms. The van der Waals surface area contributed by atoms with Crippen molar-refractivity contribution in [2.75, 3.05) is 25.2 Å². The Morgan fingerprint density at radius 3 is 2.94 bits per heavy atom. The van der Waals surface area contributed by atoms with Crippen molar-refractivity contribution in [3.63, 3.8) is 0 Å². The number of nitrogens with zero attached hydrogens (tertiary/aromatic N) is 1. The molecule has 4 nitrogen and oxygen atoms in total. The van der Waals surface area contributed by atoms with E-state index in [0.717, 1.165) is 0 Å². The molecule has 92 valence electrons. The van der Waals surface area contributed by atoms with Gasteiger partial charge in [0.05, 0.1) is 17.8 Å². The Kier molecular flexibility index (Phi) is 3.54. The summed E-state index contributed by atoms with van der Waals surface area (Å²) in [5.41, 5.74) is 0.645. The van der Waals surface area contributed by atoms with Crippen LogP contribution in [0.3, 0.4) is 0 Å². The van der Waals surface area contributed by atoms with E-state index in [0.29, 0.717) is 29.4 Å². The fraction of sp³-hybridized carbons (Fsp3) is 0.417. The molecule has 1 N–H and O–H groups in total. The Labute approximate surface area is 105 Å². The Balaban J connectivity index is 2.30. The molecule has 17 heavy (non-hydrogen) atoms. The third-order valence-electron chi connectivity index (χ3n) is 2.91. The summed E-state index contributed by atoms with van der Waals surface area (Å²) < 4.78 is 5.11. The van der Waals surface area contributed by atoms with Gasteiger partial charge < -0.3 is 14.7 Å². The summed E-state index contributed by atoms with van der Waals surface area (Å²) in [4.78, 5) is 13.4. The second-order valence-corrected chi connectivity index (χ2v) is 4.48. The highest BCUT2D eigenvalue weighted by atomic mass is 35.5. The van der Waals surface area contributed by atoms with Gasteiger partial charge in [-0.25, -0.2) is 0 Å². The smallest absolute Gasteiger partial charge is 0.227 e. The summed E-state index contributed by atoms with van der Waals surface area (Å²) in [5, 5.41) is 9.59. The van der Waals surface area contributed by atoms with Crippen LogP contribution in [0.1, 0.15) is 6.42 Å². The van der Waals surface area contributed by atoms with Gasteiger partial charge in [-0.15, -0.1) is 0 Å². The molecule has 1 fully saturated rings. The first kappa shape index (κ1) is 12.2. The largest absolute Gasteiger partial charge is 0.497 e. The van der Waals surface area contributed by atoms with Gasteiger partial charge in [-0.1, -0.05) is 11.6 Å². The van der Waals surface area contributed by atoms with Crippen LogP contribution in [0.25, 0.3) is 0 Å². The van der Waals surface area contributed by atoms with Crippen LogP contribution >= 0.6 is 11.6 Å². The summed E-state index contributed by atoms with van der Waals surface area (Å²) >= 11 is 6.08. The van der Waals surface area contributed by atoms with Crippen molar-refractivity contribution in [2.45, 2.75) is 6.42 Å². The third kappa shape index (κ3) is 2.37. The van der Waals surface area contributed by atoms with Crippen LogP contribution in [-0.4, -0.2) is 31.3 Å². The van der Waals surface area contributed by atoms with Crippen LogP contribution in [0.5, 0.6) is 5.75 Å². The molecule has 1 atom stereocenters. The summed E-state index contributed by atoms with van der Waals surface area (Å²) in [6.07, 6.45) is 0.365. The molecule has 1 aromatic rings. The van der Waals surface area contributed by atoms with Gasteiger partial charge in [0.25, 0.3) is 0 Å². The summed E-state index contributed by atoms with van der Waals surface area (Å²) in [5.74, 6) is 0.633. The van der Waals surface area contributed by atoms with Gasteiger partial charge in [0.2, 0.25) is 5.91 Å². The summed E-state index contributed by atoms with van der Waals surface area (Å²) in [6.45, 7) is 0.520. The van der Waals surface area contributed by atoms with Crippen LogP contribution in [0.15, 0.2) is 18.2 Å². The number of ether oxygens (including phenoxy) is 1. The van der Waals surface area contributed by atoms with Crippen LogP contribution in [-0.2, 0) is 4.79 Å². The topological polar surface area (TPSA) is 49.8 Å². The number of aliphatic hydroxyl groups excluding tert-OH is 1. The maximum absolute atomic E-state index is 11.8. The van der Waals surface area contributed by atoms with Gasteiger partial charge in [-0.3, -0.25) is 4.79 Å². The van der Waals surface area contributed by atoms with Gasteiger partial charge >= 0.3 is 0 Å². The number of hydrogen-bond acceptors (Lipinski definition) is 3. The van der Waals surface area contributed by atoms with Crippen molar-refractivity contribution >= 4 is 23.2 Å². The fourth-order valence-corrected chi connectivity index (χ4v) is 2.18. The Morgan fingerprint density at radius 2 is 2.35 bits per heavy atom. The second-order valence-electron chi connectivity index (χ2n) is 4.07. The molecule has 0 aliphatic carbocycles. The van der Waals surface area contributed by atoms with E-state index in [1.807, 2.05) is 0 Å². The molecule has 0 spiro atoms. The molecule has 0 saturated carbocycles. The molecule has 1 saturated heterocycles. The number of halogens is 1. The number of benzene rings is 1. The van der Waals surface area contributed by atoms with Crippen molar-refractivity contribution in [2.24, 2.45) is 5.92 Å². The quantitative estimate of drug-likeness (QED) is 0.894. The number of methoxy groups -OCH3 is 1. The molecule has 0 radical (unpaired) electrons. The number of hydrogen-bond donors (Lipinski definition) is 1. The van der Waals surface area contributed by atoms with Crippen molar-refractivity contribution in [3.8, 4) is 5.75 Å². The number of carbonyl (C=O) groups is 1. The predicted molar refractivity (Wildman–Crippen MR) is 65.5 cm³/mol. The highest BCUT2D eigenvalue weighted by molar-refractivity contribution is 6.34. The Morgan fingerprint density at radius 1 is 1.59 bits per heavy atom. The average Bonchev–Trinajstić information content (AvgIpc) is 2.71. The molecule has 1 aromatic carbocycles. The molecule has 2 rings (SSSR count). The number of anilines is 1. The lowest BCUT2D eigenvalue weighted by molar-refractivity contribution is -0.117. The van der Waals surface area contributed by atoms with E-state index in [4.69, 9.17) is 21.4 Å². The first-order chi connectivity index (χ1) is 8.15. The van der Waals surface area contributed by atoms with Crippen molar-refractivity contribution < 1.29 is 14.6 Å². The van der Waals surface area contributed by atoms with Crippen molar-refractivity contribution in [1.82, 2.24) is 0 Å². The lowest BCUT2D eigenvalue weighted by Gasteiger charge is -2.18. The van der Waals surface area contributed by atoms with Crippen molar-refractivity contribution in [1.29, 1.82) is 0 Å². The van der Waals surface area contributed by atoms with Gasteiger partial charge in [0.15, 0.2) is 0 Å². The highest BCUT2D eigenvalue weighted by Gasteiger charge is 2.31. The molecule has 1 amide bonds. The van der Waals surface area contributed by atoms with Crippen molar-refractivity contribution in [3.05, 3.63) is 23.2 Å². The van der Waals surface area contributed by atoms with E-state index < -0.39 is 0 Å². The van der Waals surface area contributed by atoms with Crippen LogP contribution in [0.2, 0.25) is 5.02 Å². The maximum Gasteiger partial charge on any atom is 0.227 e. The second kappa shape index (κ2) is 4.94. The minimum Gasteiger partial charge on any atom is -0.497 e. The van der Waals surface area contributed by atoms with Gasteiger partial charge in [-0.2, -0.15) is 0 Å². The molecule has 1 heterocycles. The van der Waals surface area contributed by atoms with E-state index in [1.165, 1.54) is 0 Å². The molecule has 1 aliphatic rings. The number of amides is 1. The van der Waals surface area contributed by atoms with E-state index >= 15 is 0 Å². The average molecular weight is 256 g/mol. The maximum atomic E-state index is 11.8. The first-order valence-corrected chi connectivity index (χ1v) is 5.78. The fourth-order valence-electron chi connectivity index (χ4n) is 1.96.